The van der Waals surface area contributed by atoms with Crippen molar-refractivity contribution in [2.45, 2.75) is 11.3 Å². The van der Waals surface area contributed by atoms with Gasteiger partial charge in [0.15, 0.2) is 0 Å². The average molecular weight is 316 g/mol. The minimum Gasteiger partial charge on any atom is -0.494 e. The number of sulfonamides is 1. The van der Waals surface area contributed by atoms with Crippen molar-refractivity contribution >= 4 is 21.8 Å². The van der Waals surface area contributed by atoms with Crippen LogP contribution in [0.2, 0.25) is 0 Å². The zero-order valence-electron chi connectivity index (χ0n) is 11.3. The number of nitrogens with two attached hydrogens (primary N) is 1. The summed E-state index contributed by atoms with van der Waals surface area (Å²) < 4.78 is 31.9. The minimum atomic E-state index is -3.36. The van der Waals surface area contributed by atoms with Crippen LogP contribution in [0.1, 0.15) is 6.42 Å². The van der Waals surface area contributed by atoms with Crippen LogP contribution in [0.25, 0.3) is 0 Å². The molecule has 0 bridgehead atoms. The summed E-state index contributed by atoms with van der Waals surface area (Å²) in [4.78, 5) is 0.329. The van der Waals surface area contributed by atoms with Gasteiger partial charge in [0.2, 0.25) is 10.0 Å². The molecule has 0 atom stereocenters. The Bertz CT molecular complexity index is 511. The third-order valence-electron chi connectivity index (χ3n) is 3.05. The molecule has 1 aliphatic heterocycles. The molecular formula is C13H20N2O3S2. The largest absolute Gasteiger partial charge is 0.494 e. The van der Waals surface area contributed by atoms with Gasteiger partial charge in [-0.3, -0.25) is 0 Å². The average Bonchev–Trinajstić information content (AvgIpc) is 2.49. The molecule has 0 saturated carbocycles. The van der Waals surface area contributed by atoms with Gasteiger partial charge in [-0.15, -0.1) is 0 Å². The van der Waals surface area contributed by atoms with Crippen LogP contribution in [0.15, 0.2) is 29.2 Å². The molecule has 5 nitrogen and oxygen atoms in total. The molecule has 20 heavy (non-hydrogen) atoms. The lowest BCUT2D eigenvalue weighted by atomic mass is 10.3. The molecule has 112 valence electrons. The van der Waals surface area contributed by atoms with Crippen LogP contribution in [0.5, 0.6) is 5.75 Å². The summed E-state index contributed by atoms with van der Waals surface area (Å²) in [7, 11) is -3.36. The maximum absolute atomic E-state index is 12.4. The van der Waals surface area contributed by atoms with E-state index in [4.69, 9.17) is 10.5 Å². The van der Waals surface area contributed by atoms with Gasteiger partial charge in [0, 0.05) is 24.6 Å². The first-order valence-corrected chi connectivity index (χ1v) is 9.25. The zero-order valence-corrected chi connectivity index (χ0v) is 13.0. The molecule has 0 aromatic heterocycles. The number of nitrogens with zero attached hydrogens (tertiary/aromatic N) is 1. The molecule has 1 aromatic carbocycles. The summed E-state index contributed by atoms with van der Waals surface area (Å²) in [6.07, 6.45) is 0.783. The van der Waals surface area contributed by atoms with Crippen molar-refractivity contribution in [2.75, 3.05) is 37.7 Å². The molecule has 1 saturated heterocycles. The summed E-state index contributed by atoms with van der Waals surface area (Å²) in [5.41, 5.74) is 5.39. The van der Waals surface area contributed by atoms with Gasteiger partial charge in [0.1, 0.15) is 5.75 Å². The normalized spacial score (nSPS) is 17.1. The highest BCUT2D eigenvalue weighted by Gasteiger charge is 2.25. The van der Waals surface area contributed by atoms with Gasteiger partial charge in [-0.25, -0.2) is 8.42 Å². The highest BCUT2D eigenvalue weighted by Crippen LogP contribution is 2.22. The summed E-state index contributed by atoms with van der Waals surface area (Å²) in [5.74, 6) is 2.39. The van der Waals surface area contributed by atoms with Gasteiger partial charge in [-0.2, -0.15) is 16.1 Å². The lowest BCUT2D eigenvalue weighted by Gasteiger charge is -2.25. The fraction of sp³-hybridized carbons (Fsp3) is 0.538. The zero-order chi connectivity index (χ0) is 14.4. The van der Waals surface area contributed by atoms with E-state index in [1.54, 1.807) is 40.3 Å². The Morgan fingerprint density at radius 1 is 1.20 bits per heavy atom. The summed E-state index contributed by atoms with van der Waals surface area (Å²) in [6.45, 7) is 2.30. The van der Waals surface area contributed by atoms with E-state index in [0.717, 1.165) is 17.9 Å². The molecule has 0 aliphatic carbocycles. The van der Waals surface area contributed by atoms with Gasteiger partial charge >= 0.3 is 0 Å². The van der Waals surface area contributed by atoms with Crippen LogP contribution in [-0.4, -0.2) is 50.5 Å². The molecule has 0 unspecified atom stereocenters. The molecular weight excluding hydrogens is 296 g/mol. The topological polar surface area (TPSA) is 72.6 Å². The van der Waals surface area contributed by atoms with Crippen molar-refractivity contribution < 1.29 is 13.2 Å². The van der Waals surface area contributed by atoms with Crippen LogP contribution in [0, 0.1) is 0 Å². The van der Waals surface area contributed by atoms with Gasteiger partial charge in [0.05, 0.1) is 11.5 Å². The standard InChI is InChI=1S/C13H20N2O3S2/c14-6-1-9-18-12-2-4-13(5-3-12)20(16,17)15-7-10-19-11-8-15/h2-5H,1,6-11,14H2. The maximum Gasteiger partial charge on any atom is 0.243 e. The minimum absolute atomic E-state index is 0.329. The fourth-order valence-corrected chi connectivity index (χ4v) is 4.49. The third-order valence-corrected chi connectivity index (χ3v) is 5.90. The van der Waals surface area contributed by atoms with Gasteiger partial charge < -0.3 is 10.5 Å². The van der Waals surface area contributed by atoms with E-state index in [2.05, 4.69) is 0 Å². The molecule has 1 fully saturated rings. The highest BCUT2D eigenvalue weighted by molar-refractivity contribution is 7.99. The number of rotatable bonds is 6. The second-order valence-corrected chi connectivity index (χ2v) is 7.64. The smallest absolute Gasteiger partial charge is 0.243 e. The number of benzene rings is 1. The van der Waals surface area contributed by atoms with Crippen LogP contribution in [0.4, 0.5) is 0 Å². The van der Waals surface area contributed by atoms with Crippen molar-refractivity contribution in [3.05, 3.63) is 24.3 Å². The lowest BCUT2D eigenvalue weighted by molar-refractivity contribution is 0.313. The van der Waals surface area contributed by atoms with E-state index in [-0.39, 0.29) is 0 Å². The first-order valence-electron chi connectivity index (χ1n) is 6.65. The van der Waals surface area contributed by atoms with Crippen LogP contribution < -0.4 is 10.5 Å². The van der Waals surface area contributed by atoms with Gasteiger partial charge in [-0.1, -0.05) is 0 Å². The fourth-order valence-electron chi connectivity index (χ4n) is 1.92. The number of hydrogen-bond donors (Lipinski definition) is 1. The Morgan fingerprint density at radius 2 is 1.85 bits per heavy atom. The SMILES string of the molecule is NCCCOc1ccc(S(=O)(=O)N2CCSCC2)cc1. The van der Waals surface area contributed by atoms with Crippen LogP contribution in [-0.2, 0) is 10.0 Å². The molecule has 2 rings (SSSR count). The molecule has 7 heteroatoms. The number of ether oxygens (including phenoxy) is 1. The first kappa shape index (κ1) is 15.6. The van der Waals surface area contributed by atoms with E-state index >= 15 is 0 Å². The Hall–Kier alpha value is -0.760. The van der Waals surface area contributed by atoms with Crippen LogP contribution >= 0.6 is 11.8 Å². The lowest BCUT2D eigenvalue weighted by Crippen LogP contribution is -2.37. The Kier molecular flexibility index (Phi) is 5.71. The predicted octanol–water partition coefficient (Wildman–Crippen LogP) is 1.15. The van der Waals surface area contributed by atoms with E-state index in [0.29, 0.717) is 36.9 Å². The van der Waals surface area contributed by atoms with Crippen molar-refractivity contribution in [1.82, 2.24) is 4.31 Å². The highest BCUT2D eigenvalue weighted by atomic mass is 32.2. The molecule has 0 radical (unpaired) electrons. The molecule has 1 aliphatic rings. The summed E-state index contributed by atoms with van der Waals surface area (Å²) >= 11 is 1.79. The van der Waals surface area contributed by atoms with Crippen molar-refractivity contribution in [3.63, 3.8) is 0 Å². The second-order valence-electron chi connectivity index (χ2n) is 4.48. The Morgan fingerprint density at radius 3 is 2.45 bits per heavy atom. The van der Waals surface area contributed by atoms with E-state index in [1.807, 2.05) is 0 Å². The maximum atomic E-state index is 12.4. The number of hydrogen-bond acceptors (Lipinski definition) is 5. The van der Waals surface area contributed by atoms with Crippen molar-refractivity contribution in [1.29, 1.82) is 0 Å². The summed E-state index contributed by atoms with van der Waals surface area (Å²) in [6, 6.07) is 6.61. The Balaban J connectivity index is 2.04. The molecule has 0 amide bonds. The third kappa shape index (κ3) is 3.88. The van der Waals surface area contributed by atoms with Gasteiger partial charge in [-0.05, 0) is 37.2 Å². The Labute approximate surface area is 124 Å². The first-order chi connectivity index (χ1) is 9.64. The summed E-state index contributed by atoms with van der Waals surface area (Å²) in [5, 5.41) is 0. The monoisotopic (exact) mass is 316 g/mol. The van der Waals surface area contributed by atoms with Gasteiger partial charge in [0.25, 0.3) is 0 Å². The molecule has 2 N–H and O–H groups in total. The van der Waals surface area contributed by atoms with E-state index in [1.165, 1.54) is 0 Å². The van der Waals surface area contributed by atoms with E-state index in [9.17, 15) is 8.42 Å². The van der Waals surface area contributed by atoms with Crippen molar-refractivity contribution in [2.24, 2.45) is 5.73 Å². The van der Waals surface area contributed by atoms with E-state index < -0.39 is 10.0 Å². The van der Waals surface area contributed by atoms with Crippen molar-refractivity contribution in [3.8, 4) is 5.75 Å². The predicted molar refractivity (Wildman–Crippen MR) is 81.7 cm³/mol. The quantitative estimate of drug-likeness (QED) is 0.797. The molecule has 0 spiro atoms. The molecule has 1 aromatic rings. The number of thioether (sulfide) groups is 1. The van der Waals surface area contributed by atoms with Crippen LogP contribution in [0.3, 0.4) is 0 Å². The second kappa shape index (κ2) is 7.31. The molecule has 1 heterocycles.